The largest absolute Gasteiger partial charge is 0.324 e. The Bertz CT molecular complexity index is 993. The molecule has 0 radical (unpaired) electrons. The van der Waals surface area contributed by atoms with Crippen LogP contribution in [-0.4, -0.2) is 31.6 Å². The number of nitrogens with zero attached hydrogens (tertiary/aromatic N) is 2. The normalized spacial score (nSPS) is 13.5. The van der Waals surface area contributed by atoms with Crippen LogP contribution in [0.5, 0.6) is 0 Å². The molecule has 2 heterocycles. The first-order valence-corrected chi connectivity index (χ1v) is 10.2. The summed E-state index contributed by atoms with van der Waals surface area (Å²) in [6.45, 7) is 0. The molecule has 7 nitrogen and oxygen atoms in total. The number of carbonyl (C=O) groups is 1. The maximum Gasteiger partial charge on any atom is 0.254 e. The highest BCUT2D eigenvalue weighted by molar-refractivity contribution is 7.99. The lowest BCUT2D eigenvalue weighted by molar-refractivity contribution is -0.116. The van der Waals surface area contributed by atoms with Crippen molar-refractivity contribution in [3.05, 3.63) is 45.9 Å². The Labute approximate surface area is 160 Å². The van der Waals surface area contributed by atoms with Crippen LogP contribution in [0.1, 0.15) is 36.9 Å². The zero-order valence-electron chi connectivity index (χ0n) is 14.9. The molecular formula is C19H21N5O2S. The molecule has 3 aromatic rings. The monoisotopic (exact) mass is 383 g/mol. The third-order valence-corrected chi connectivity index (χ3v) is 5.56. The summed E-state index contributed by atoms with van der Waals surface area (Å²) in [5.74, 6) is 1.10. The molecular weight excluding hydrogens is 362 g/mol. The molecule has 0 saturated carbocycles. The van der Waals surface area contributed by atoms with Gasteiger partial charge in [-0.15, -0.1) is 0 Å². The Morgan fingerprint density at radius 1 is 1.15 bits per heavy atom. The van der Waals surface area contributed by atoms with E-state index in [-0.39, 0.29) is 11.5 Å². The number of rotatable bonds is 6. The number of fused-ring (bicyclic) bond motifs is 2. The van der Waals surface area contributed by atoms with Gasteiger partial charge in [-0.05, 0) is 44.2 Å². The number of thioether (sulfide) groups is 1. The standard InChI is InChI=1S/C19H21N5O2S/c25-16(23-18-20-14-8-3-4-9-15(14)21-18)10-5-11-27-19-22-13-7-2-1-6-12(13)17(26)24-19/h3-4,8-9H,1-2,5-7,10-11H2,(H,22,24,26)(H2,20,21,23,25). The predicted molar refractivity (Wildman–Crippen MR) is 106 cm³/mol. The molecule has 1 aromatic carbocycles. The van der Waals surface area contributed by atoms with Crippen molar-refractivity contribution in [3.8, 4) is 0 Å². The van der Waals surface area contributed by atoms with Gasteiger partial charge in [0.15, 0.2) is 5.16 Å². The minimum atomic E-state index is -0.0819. The number of para-hydroxylation sites is 2. The lowest BCUT2D eigenvalue weighted by Crippen LogP contribution is -2.21. The van der Waals surface area contributed by atoms with E-state index in [1.807, 2.05) is 24.3 Å². The zero-order valence-corrected chi connectivity index (χ0v) is 15.7. The summed E-state index contributed by atoms with van der Waals surface area (Å²) in [5.41, 5.74) is 3.49. The molecule has 2 aromatic heterocycles. The van der Waals surface area contributed by atoms with Crippen molar-refractivity contribution in [2.24, 2.45) is 0 Å². The molecule has 0 atom stereocenters. The molecule has 1 aliphatic carbocycles. The van der Waals surface area contributed by atoms with Crippen molar-refractivity contribution >= 4 is 34.7 Å². The lowest BCUT2D eigenvalue weighted by atomic mass is 9.97. The molecule has 1 amide bonds. The molecule has 0 saturated heterocycles. The van der Waals surface area contributed by atoms with E-state index in [1.54, 1.807) is 0 Å². The van der Waals surface area contributed by atoms with Crippen LogP contribution in [-0.2, 0) is 17.6 Å². The van der Waals surface area contributed by atoms with Gasteiger partial charge in [-0.2, -0.15) is 0 Å². The van der Waals surface area contributed by atoms with Crippen molar-refractivity contribution in [1.82, 2.24) is 19.9 Å². The number of imidazole rings is 1. The van der Waals surface area contributed by atoms with Crippen molar-refractivity contribution in [2.75, 3.05) is 11.1 Å². The van der Waals surface area contributed by atoms with E-state index in [0.717, 1.165) is 53.7 Å². The van der Waals surface area contributed by atoms with Crippen LogP contribution in [0.4, 0.5) is 5.95 Å². The average molecular weight is 383 g/mol. The molecule has 0 fully saturated rings. The highest BCUT2D eigenvalue weighted by Gasteiger charge is 2.15. The van der Waals surface area contributed by atoms with Crippen molar-refractivity contribution < 1.29 is 4.79 Å². The molecule has 140 valence electrons. The van der Waals surface area contributed by atoms with Crippen molar-refractivity contribution in [1.29, 1.82) is 0 Å². The summed E-state index contributed by atoms with van der Waals surface area (Å²) in [5, 5.41) is 3.44. The summed E-state index contributed by atoms with van der Waals surface area (Å²) in [6.07, 6.45) is 4.94. The fourth-order valence-electron chi connectivity index (χ4n) is 3.26. The number of aryl methyl sites for hydroxylation is 1. The van der Waals surface area contributed by atoms with Gasteiger partial charge >= 0.3 is 0 Å². The van der Waals surface area contributed by atoms with Gasteiger partial charge in [-0.3, -0.25) is 14.9 Å². The van der Waals surface area contributed by atoms with Gasteiger partial charge in [-0.1, -0.05) is 23.9 Å². The molecule has 27 heavy (non-hydrogen) atoms. The minimum absolute atomic E-state index is 0.00942. The first-order valence-electron chi connectivity index (χ1n) is 9.18. The van der Waals surface area contributed by atoms with Crippen LogP contribution >= 0.6 is 11.8 Å². The van der Waals surface area contributed by atoms with Gasteiger partial charge in [0, 0.05) is 17.7 Å². The Morgan fingerprint density at radius 2 is 2.00 bits per heavy atom. The van der Waals surface area contributed by atoms with Gasteiger partial charge in [-0.25, -0.2) is 9.97 Å². The quantitative estimate of drug-likeness (QED) is 0.345. The average Bonchev–Trinajstić information content (AvgIpc) is 3.07. The van der Waals surface area contributed by atoms with E-state index in [4.69, 9.17) is 0 Å². The predicted octanol–water partition coefficient (Wildman–Crippen LogP) is 3.04. The maximum atomic E-state index is 12.1. The number of aromatic nitrogens is 4. The highest BCUT2D eigenvalue weighted by Crippen LogP contribution is 2.20. The zero-order chi connectivity index (χ0) is 18.6. The molecule has 0 spiro atoms. The Hall–Kier alpha value is -2.61. The van der Waals surface area contributed by atoms with Gasteiger partial charge in [0.05, 0.1) is 16.7 Å². The number of benzene rings is 1. The SMILES string of the molecule is O=C(CCCSc1nc2c(c(=O)[nH]1)CCCC2)Nc1nc2ccccc2[nH]1. The third kappa shape index (κ3) is 4.21. The van der Waals surface area contributed by atoms with Gasteiger partial charge < -0.3 is 9.97 Å². The molecule has 0 bridgehead atoms. The third-order valence-electron chi connectivity index (χ3n) is 4.60. The number of hydrogen-bond donors (Lipinski definition) is 3. The van der Waals surface area contributed by atoms with Crippen LogP contribution in [0.3, 0.4) is 0 Å². The Kier molecular flexibility index (Phi) is 5.24. The van der Waals surface area contributed by atoms with Crippen LogP contribution < -0.4 is 10.9 Å². The first kappa shape index (κ1) is 17.8. The number of amides is 1. The first-order chi connectivity index (χ1) is 13.2. The Morgan fingerprint density at radius 3 is 2.89 bits per heavy atom. The van der Waals surface area contributed by atoms with E-state index in [9.17, 15) is 9.59 Å². The summed E-state index contributed by atoms with van der Waals surface area (Å²) < 4.78 is 0. The second-order valence-electron chi connectivity index (χ2n) is 6.61. The second kappa shape index (κ2) is 7.96. The smallest absolute Gasteiger partial charge is 0.254 e. The summed E-state index contributed by atoms with van der Waals surface area (Å²) in [7, 11) is 0. The van der Waals surface area contributed by atoms with Gasteiger partial charge in [0.25, 0.3) is 5.56 Å². The molecule has 1 aliphatic rings. The molecule has 0 unspecified atom stereocenters. The van der Waals surface area contributed by atoms with Gasteiger partial charge in [0.2, 0.25) is 11.9 Å². The number of H-pyrrole nitrogens is 2. The molecule has 8 heteroatoms. The number of carbonyl (C=O) groups excluding carboxylic acids is 1. The highest BCUT2D eigenvalue weighted by atomic mass is 32.2. The number of anilines is 1. The van der Waals surface area contributed by atoms with Gasteiger partial charge in [0.1, 0.15) is 0 Å². The fraction of sp³-hybridized carbons (Fsp3) is 0.368. The number of aromatic amines is 2. The second-order valence-corrected chi connectivity index (χ2v) is 7.69. The fourth-order valence-corrected chi connectivity index (χ4v) is 4.08. The molecule has 4 rings (SSSR count). The number of nitrogens with one attached hydrogen (secondary N) is 3. The Balaban J connectivity index is 1.27. The maximum absolute atomic E-state index is 12.1. The van der Waals surface area contributed by atoms with Crippen LogP contribution in [0, 0.1) is 0 Å². The van der Waals surface area contributed by atoms with E-state index in [2.05, 4.69) is 25.3 Å². The van der Waals surface area contributed by atoms with Crippen molar-refractivity contribution in [3.63, 3.8) is 0 Å². The van der Waals surface area contributed by atoms with Crippen molar-refractivity contribution in [2.45, 2.75) is 43.7 Å². The summed E-state index contributed by atoms with van der Waals surface area (Å²) in [6, 6.07) is 7.64. The van der Waals surface area contributed by atoms with Crippen LogP contribution in [0.2, 0.25) is 0 Å². The summed E-state index contributed by atoms with van der Waals surface area (Å²) in [4.78, 5) is 39.1. The van der Waals surface area contributed by atoms with E-state index in [0.29, 0.717) is 23.9 Å². The molecule has 0 aliphatic heterocycles. The van der Waals surface area contributed by atoms with E-state index in [1.165, 1.54) is 11.8 Å². The minimum Gasteiger partial charge on any atom is -0.324 e. The topological polar surface area (TPSA) is 104 Å². The van der Waals surface area contributed by atoms with Crippen LogP contribution in [0.15, 0.2) is 34.2 Å². The van der Waals surface area contributed by atoms with E-state index < -0.39 is 0 Å². The van der Waals surface area contributed by atoms with Crippen LogP contribution in [0.25, 0.3) is 11.0 Å². The molecule has 3 N–H and O–H groups in total. The van der Waals surface area contributed by atoms with E-state index >= 15 is 0 Å². The lowest BCUT2D eigenvalue weighted by Gasteiger charge is -2.14. The summed E-state index contributed by atoms with van der Waals surface area (Å²) >= 11 is 1.49. The number of hydrogen-bond acceptors (Lipinski definition) is 5.